The maximum absolute atomic E-state index is 14.1. The number of hydrogen-bond donors (Lipinski definition) is 0. The molecule has 0 saturated heterocycles. The Labute approximate surface area is 340 Å². The second kappa shape index (κ2) is 14.4. The van der Waals surface area contributed by atoms with E-state index in [4.69, 9.17) is 0 Å². The zero-order valence-corrected chi connectivity index (χ0v) is 33.8. The fraction of sp³-hybridized carbons (Fsp3) is 0.208. The van der Waals surface area contributed by atoms with Gasteiger partial charge in [0.2, 0.25) is 0 Å². The molecule has 8 rings (SSSR count). The molecule has 297 valence electrons. The minimum absolute atomic E-state index is 0.311. The Balaban J connectivity index is 1.71. The highest BCUT2D eigenvalue weighted by atomic mass is 19.4. The fourth-order valence-electron chi connectivity index (χ4n) is 8.62. The van der Waals surface area contributed by atoms with Crippen LogP contribution in [0.25, 0.3) is 39.5 Å². The monoisotopic (exact) mass is 793 g/mol. The molecular formula is C53H43F6. The van der Waals surface area contributed by atoms with Crippen LogP contribution in [0.1, 0.15) is 92.5 Å². The maximum atomic E-state index is 14.1. The molecule has 0 amide bonds. The lowest BCUT2D eigenvalue weighted by molar-refractivity contribution is -0.138. The van der Waals surface area contributed by atoms with Crippen molar-refractivity contribution in [1.82, 2.24) is 0 Å². The molecule has 0 unspecified atom stereocenters. The normalized spacial score (nSPS) is 13.9. The minimum atomic E-state index is -4.58. The summed E-state index contributed by atoms with van der Waals surface area (Å²) in [7, 11) is 0. The molecule has 6 heteroatoms. The van der Waals surface area contributed by atoms with E-state index in [2.05, 4.69) is 102 Å². The van der Waals surface area contributed by atoms with Crippen molar-refractivity contribution in [3.05, 3.63) is 205 Å². The van der Waals surface area contributed by atoms with E-state index in [9.17, 15) is 26.3 Å². The van der Waals surface area contributed by atoms with Crippen LogP contribution in [0.3, 0.4) is 0 Å². The van der Waals surface area contributed by atoms with E-state index in [0.717, 1.165) is 95.2 Å². The lowest BCUT2D eigenvalue weighted by Gasteiger charge is -2.30. The first-order chi connectivity index (χ1) is 27.8. The lowest BCUT2D eigenvalue weighted by atomic mass is 9.73. The third-order valence-corrected chi connectivity index (χ3v) is 11.2. The summed E-state index contributed by atoms with van der Waals surface area (Å²) in [6.45, 7) is 12.9. The molecular weight excluding hydrogens is 751 g/mol. The van der Waals surface area contributed by atoms with Gasteiger partial charge in [0.05, 0.1) is 11.1 Å². The van der Waals surface area contributed by atoms with Gasteiger partial charge in [-0.05, 0) is 147 Å². The van der Waals surface area contributed by atoms with E-state index in [0.29, 0.717) is 23.1 Å². The van der Waals surface area contributed by atoms with Gasteiger partial charge in [0.25, 0.3) is 0 Å². The SMILES string of the molecule is CC(C)(C)c1cc2c(cc1-c1ccccc1)=[C]c1c(C3=CC=CC3)c(-c3ccccc3)c(C(C)(C)C)c(=C(c3ccc(C(F)(F)F)cc3)c3ccc(C(F)(F)F)cc3)c1=2. The average molecular weight is 794 g/mol. The third-order valence-electron chi connectivity index (χ3n) is 11.2. The Morgan fingerprint density at radius 3 is 1.56 bits per heavy atom. The van der Waals surface area contributed by atoms with E-state index < -0.39 is 28.9 Å². The van der Waals surface area contributed by atoms with Gasteiger partial charge in [-0.25, -0.2) is 0 Å². The standard InChI is InChI=1S/C53H43F6/c1-50(2,3)43-31-41-37(29-40(43)32-15-9-7-10-16-32)30-42-45(33-19-13-14-20-33)46(34-17-11-8-12-18-34)49(51(4,5)6)48(47(41)42)44(35-21-25-38(26-22-35)52(54,55)56)36-23-27-39(28-24-36)53(57,58)59/h7-19,21-29,31H,20H2,1-6H3. The van der Waals surface area contributed by atoms with Crippen LogP contribution < -0.4 is 10.4 Å². The molecule has 0 atom stereocenters. The predicted octanol–water partition coefficient (Wildman–Crippen LogP) is 13.5. The molecule has 0 saturated carbocycles. The molecule has 6 aromatic carbocycles. The number of allylic oxidation sites excluding steroid dienone is 4. The van der Waals surface area contributed by atoms with Crippen molar-refractivity contribution in [1.29, 1.82) is 0 Å². The van der Waals surface area contributed by atoms with E-state index in [-0.39, 0.29) is 5.41 Å². The molecule has 0 nitrogen and oxygen atoms in total. The highest BCUT2D eigenvalue weighted by Crippen LogP contribution is 2.44. The average Bonchev–Trinajstić information content (AvgIpc) is 3.85. The number of alkyl halides is 6. The minimum Gasteiger partial charge on any atom is -0.166 e. The van der Waals surface area contributed by atoms with Crippen LogP contribution in [0.5, 0.6) is 0 Å². The van der Waals surface area contributed by atoms with Crippen LogP contribution in [0, 0.1) is 10.4 Å². The van der Waals surface area contributed by atoms with Gasteiger partial charge in [-0.1, -0.05) is 145 Å². The summed E-state index contributed by atoms with van der Waals surface area (Å²) in [6, 6.07) is 34.7. The Morgan fingerprint density at radius 2 is 1.10 bits per heavy atom. The van der Waals surface area contributed by atoms with Crippen molar-refractivity contribution >= 4 is 17.2 Å². The highest BCUT2D eigenvalue weighted by molar-refractivity contribution is 5.94. The zero-order valence-electron chi connectivity index (χ0n) is 33.8. The Bertz CT molecular complexity index is 2820. The molecule has 59 heavy (non-hydrogen) atoms. The first kappa shape index (κ1) is 39.9. The summed E-state index contributed by atoms with van der Waals surface area (Å²) in [5.41, 5.74) is 7.91. The summed E-state index contributed by atoms with van der Waals surface area (Å²) in [5, 5.41) is 3.38. The molecule has 0 bridgehead atoms. The van der Waals surface area contributed by atoms with Crippen LogP contribution >= 0.6 is 0 Å². The van der Waals surface area contributed by atoms with E-state index in [1.54, 1.807) is 0 Å². The molecule has 2 aliphatic carbocycles. The van der Waals surface area contributed by atoms with Gasteiger partial charge in [-0.2, -0.15) is 26.3 Å². The molecule has 0 aliphatic heterocycles. The second-order valence-electron chi connectivity index (χ2n) is 17.4. The summed E-state index contributed by atoms with van der Waals surface area (Å²) >= 11 is 0. The number of benzene rings is 6. The number of rotatable bonds is 5. The van der Waals surface area contributed by atoms with Crippen LogP contribution in [-0.2, 0) is 23.2 Å². The summed E-state index contributed by atoms with van der Waals surface area (Å²) in [5.74, 6) is 0. The van der Waals surface area contributed by atoms with Gasteiger partial charge in [0.1, 0.15) is 0 Å². The Hall–Kier alpha value is -5.88. The Kier molecular flexibility index (Phi) is 9.77. The van der Waals surface area contributed by atoms with Gasteiger partial charge < -0.3 is 0 Å². The first-order valence-corrected chi connectivity index (χ1v) is 19.7. The largest absolute Gasteiger partial charge is 0.416 e. The zero-order chi connectivity index (χ0) is 42.1. The van der Waals surface area contributed by atoms with Crippen molar-refractivity contribution < 1.29 is 26.3 Å². The molecule has 0 fully saturated rings. The Morgan fingerprint density at radius 1 is 0.576 bits per heavy atom. The van der Waals surface area contributed by atoms with Crippen molar-refractivity contribution in [2.24, 2.45) is 0 Å². The molecule has 6 aromatic rings. The number of hydrogen-bond acceptors (Lipinski definition) is 0. The van der Waals surface area contributed by atoms with Gasteiger partial charge in [0.15, 0.2) is 0 Å². The van der Waals surface area contributed by atoms with Gasteiger partial charge in [-0.3, -0.25) is 0 Å². The summed E-state index contributed by atoms with van der Waals surface area (Å²) in [4.78, 5) is 0. The van der Waals surface area contributed by atoms with Crippen LogP contribution in [-0.4, -0.2) is 0 Å². The van der Waals surface area contributed by atoms with Crippen LogP contribution in [0.2, 0.25) is 0 Å². The first-order valence-electron chi connectivity index (χ1n) is 19.7. The van der Waals surface area contributed by atoms with Gasteiger partial charge in [-0.15, -0.1) is 0 Å². The summed E-state index contributed by atoms with van der Waals surface area (Å²) < 4.78 is 84.5. The molecule has 0 spiro atoms. The van der Waals surface area contributed by atoms with Crippen molar-refractivity contribution in [2.75, 3.05) is 0 Å². The molecule has 0 aromatic heterocycles. The van der Waals surface area contributed by atoms with Gasteiger partial charge >= 0.3 is 12.4 Å². The smallest absolute Gasteiger partial charge is 0.166 e. The number of fused-ring (bicyclic) bond motifs is 2. The lowest BCUT2D eigenvalue weighted by Crippen LogP contribution is -2.30. The van der Waals surface area contributed by atoms with E-state index in [1.807, 2.05) is 36.4 Å². The molecule has 2 aliphatic rings. The second-order valence-corrected chi connectivity index (χ2v) is 17.4. The molecule has 0 heterocycles. The van der Waals surface area contributed by atoms with Crippen LogP contribution in [0.4, 0.5) is 26.3 Å². The van der Waals surface area contributed by atoms with Crippen molar-refractivity contribution in [3.8, 4) is 22.3 Å². The van der Waals surface area contributed by atoms with E-state index >= 15 is 0 Å². The molecule has 1 radical (unpaired) electrons. The summed E-state index contributed by atoms with van der Waals surface area (Å²) in [6.07, 6.45) is 1.70. The van der Waals surface area contributed by atoms with Crippen molar-refractivity contribution in [3.63, 3.8) is 0 Å². The fourth-order valence-corrected chi connectivity index (χ4v) is 8.62. The third kappa shape index (κ3) is 7.39. The molecule has 0 N–H and O–H groups in total. The van der Waals surface area contributed by atoms with Crippen LogP contribution in [0.15, 0.2) is 140 Å². The number of halogens is 6. The quantitative estimate of drug-likeness (QED) is 0.152. The topological polar surface area (TPSA) is 0 Å². The maximum Gasteiger partial charge on any atom is 0.416 e. The highest BCUT2D eigenvalue weighted by Gasteiger charge is 2.34. The predicted molar refractivity (Wildman–Crippen MR) is 227 cm³/mol. The van der Waals surface area contributed by atoms with Crippen molar-refractivity contribution in [2.45, 2.75) is 71.1 Å². The van der Waals surface area contributed by atoms with E-state index in [1.165, 1.54) is 24.3 Å². The van der Waals surface area contributed by atoms with Gasteiger partial charge in [0, 0.05) is 0 Å².